The van der Waals surface area contributed by atoms with Gasteiger partial charge in [0.05, 0.1) is 6.20 Å². The van der Waals surface area contributed by atoms with Gasteiger partial charge in [0.1, 0.15) is 6.61 Å². The first-order valence-electron chi connectivity index (χ1n) is 8.87. The molecule has 1 aliphatic carbocycles. The van der Waals surface area contributed by atoms with E-state index in [-0.39, 0.29) is 12.5 Å². The Morgan fingerprint density at radius 2 is 1.75 bits per heavy atom. The highest BCUT2D eigenvalue weighted by molar-refractivity contribution is 5.82. The zero-order valence-electron chi connectivity index (χ0n) is 15.2. The van der Waals surface area contributed by atoms with Gasteiger partial charge in [0.15, 0.2) is 6.04 Å². The summed E-state index contributed by atoms with van der Waals surface area (Å²) in [4.78, 5) is 23.8. The molecule has 1 heterocycles. The summed E-state index contributed by atoms with van der Waals surface area (Å²) in [6, 6.07) is 14.8. The number of alkyl carbamates (subject to hydrolysis) is 1. The van der Waals surface area contributed by atoms with E-state index in [9.17, 15) is 14.7 Å². The number of amides is 1. The highest BCUT2D eigenvalue weighted by Gasteiger charge is 2.30. The third kappa shape index (κ3) is 3.22. The van der Waals surface area contributed by atoms with E-state index in [1.807, 2.05) is 36.4 Å². The maximum atomic E-state index is 12.3. The number of carbonyl (C=O) groups excluding carboxylic acids is 1. The number of hydrogen-bond acceptors (Lipinski definition) is 4. The van der Waals surface area contributed by atoms with Crippen molar-refractivity contribution in [2.24, 2.45) is 7.05 Å². The Kier molecular flexibility index (Phi) is 4.57. The van der Waals surface area contributed by atoms with Gasteiger partial charge in [0.2, 0.25) is 0 Å². The summed E-state index contributed by atoms with van der Waals surface area (Å²) >= 11 is 0. The van der Waals surface area contributed by atoms with Gasteiger partial charge in [-0.05, 0) is 22.3 Å². The van der Waals surface area contributed by atoms with Crippen LogP contribution in [-0.4, -0.2) is 33.6 Å². The fourth-order valence-corrected chi connectivity index (χ4v) is 3.63. The molecule has 0 radical (unpaired) electrons. The maximum absolute atomic E-state index is 12.3. The molecule has 3 aromatic rings. The number of rotatable bonds is 5. The number of aryl methyl sites for hydroxylation is 1. The highest BCUT2D eigenvalue weighted by Crippen LogP contribution is 2.44. The van der Waals surface area contributed by atoms with Crippen LogP contribution in [0.1, 0.15) is 28.7 Å². The molecule has 0 fully saturated rings. The normalized spacial score (nSPS) is 13.5. The smallest absolute Gasteiger partial charge is 0.408 e. The molecule has 1 aromatic heterocycles. The molecule has 1 amide bonds. The molecular weight excluding hydrogens is 358 g/mol. The van der Waals surface area contributed by atoms with Gasteiger partial charge in [-0.3, -0.25) is 4.68 Å². The fourth-order valence-electron chi connectivity index (χ4n) is 3.63. The van der Waals surface area contributed by atoms with Crippen LogP contribution in [0.4, 0.5) is 4.79 Å². The second-order valence-electron chi connectivity index (χ2n) is 6.69. The van der Waals surface area contributed by atoms with Gasteiger partial charge in [-0.25, -0.2) is 9.59 Å². The monoisotopic (exact) mass is 377 g/mol. The number of ether oxygens (including phenoxy) is 1. The molecule has 2 aromatic carbocycles. The average Bonchev–Trinajstić information content (AvgIpc) is 3.26. The van der Waals surface area contributed by atoms with E-state index in [0.717, 1.165) is 22.3 Å². The van der Waals surface area contributed by atoms with Gasteiger partial charge >= 0.3 is 12.1 Å². The van der Waals surface area contributed by atoms with Gasteiger partial charge < -0.3 is 15.2 Å². The van der Waals surface area contributed by atoms with Crippen LogP contribution in [0.5, 0.6) is 0 Å². The third-order valence-electron chi connectivity index (χ3n) is 4.91. The van der Waals surface area contributed by atoms with E-state index in [1.165, 1.54) is 10.9 Å². The van der Waals surface area contributed by atoms with Gasteiger partial charge in [-0.1, -0.05) is 48.5 Å². The predicted octanol–water partition coefficient (Wildman–Crippen LogP) is 3.08. The molecule has 0 spiro atoms. The Labute approximate surface area is 161 Å². The summed E-state index contributed by atoms with van der Waals surface area (Å²) in [5, 5.41) is 15.8. The number of carboxylic acids is 1. The van der Waals surface area contributed by atoms with E-state index in [0.29, 0.717) is 5.56 Å². The van der Waals surface area contributed by atoms with Crippen molar-refractivity contribution in [1.29, 1.82) is 0 Å². The van der Waals surface area contributed by atoms with Gasteiger partial charge in [0.25, 0.3) is 0 Å². The van der Waals surface area contributed by atoms with Crippen molar-refractivity contribution in [2.45, 2.75) is 12.0 Å². The molecule has 1 aliphatic rings. The van der Waals surface area contributed by atoms with Gasteiger partial charge in [-0.15, -0.1) is 0 Å². The number of nitrogens with one attached hydrogen (secondary N) is 1. The lowest BCUT2D eigenvalue weighted by Gasteiger charge is -2.16. The Bertz CT molecular complexity index is 998. The van der Waals surface area contributed by atoms with Crippen molar-refractivity contribution in [1.82, 2.24) is 15.1 Å². The van der Waals surface area contributed by atoms with E-state index < -0.39 is 18.1 Å². The largest absolute Gasteiger partial charge is 0.479 e. The van der Waals surface area contributed by atoms with Crippen LogP contribution < -0.4 is 5.32 Å². The molecule has 0 aliphatic heterocycles. The van der Waals surface area contributed by atoms with Crippen LogP contribution in [0.2, 0.25) is 0 Å². The minimum Gasteiger partial charge on any atom is -0.479 e. The number of aliphatic carboxylic acids is 1. The molecule has 28 heavy (non-hydrogen) atoms. The number of fused-ring (bicyclic) bond motifs is 3. The number of nitrogens with zero attached hydrogens (tertiary/aromatic N) is 2. The molecule has 2 N–H and O–H groups in total. The lowest BCUT2D eigenvalue weighted by Crippen LogP contribution is -2.34. The van der Waals surface area contributed by atoms with Crippen molar-refractivity contribution in [3.63, 3.8) is 0 Å². The van der Waals surface area contributed by atoms with Crippen molar-refractivity contribution < 1.29 is 19.4 Å². The molecule has 7 nitrogen and oxygen atoms in total. The molecule has 0 saturated carbocycles. The standard InChI is InChI=1S/C21H19N3O4/c1-24-11-13(10-22-24)19(20(25)26)23-21(27)28-12-18-16-8-4-2-6-14(16)15-7-3-5-9-17(15)18/h2-11,18-19H,12H2,1H3,(H,23,27)(H,25,26)/t19-/m0/s1. The quantitative estimate of drug-likeness (QED) is 0.713. The maximum Gasteiger partial charge on any atom is 0.408 e. The summed E-state index contributed by atoms with van der Waals surface area (Å²) in [6.45, 7) is 0.124. The minimum atomic E-state index is -1.22. The van der Waals surface area contributed by atoms with Crippen LogP contribution in [0.3, 0.4) is 0 Å². The first-order chi connectivity index (χ1) is 13.5. The van der Waals surface area contributed by atoms with E-state index in [1.54, 1.807) is 13.2 Å². The van der Waals surface area contributed by atoms with Crippen molar-refractivity contribution >= 4 is 12.1 Å². The second-order valence-corrected chi connectivity index (χ2v) is 6.69. The number of aromatic nitrogens is 2. The third-order valence-corrected chi connectivity index (χ3v) is 4.91. The topological polar surface area (TPSA) is 93.5 Å². The molecule has 142 valence electrons. The summed E-state index contributed by atoms with van der Waals surface area (Å²) in [5.74, 6) is -1.26. The lowest BCUT2D eigenvalue weighted by molar-refractivity contribution is -0.139. The van der Waals surface area contributed by atoms with Crippen LogP contribution >= 0.6 is 0 Å². The molecule has 4 rings (SSSR count). The number of benzene rings is 2. The number of carboxylic acid groups (broad SMARTS) is 1. The molecule has 0 unspecified atom stereocenters. The van der Waals surface area contributed by atoms with E-state index in [2.05, 4.69) is 22.5 Å². The molecule has 0 bridgehead atoms. The zero-order valence-corrected chi connectivity index (χ0v) is 15.2. The number of carbonyl (C=O) groups is 2. The summed E-state index contributed by atoms with van der Waals surface area (Å²) < 4.78 is 6.88. The van der Waals surface area contributed by atoms with Crippen molar-refractivity contribution in [3.8, 4) is 11.1 Å². The predicted molar refractivity (Wildman–Crippen MR) is 102 cm³/mol. The Morgan fingerprint density at radius 1 is 1.14 bits per heavy atom. The zero-order chi connectivity index (χ0) is 19.7. The molecule has 0 saturated heterocycles. The van der Waals surface area contributed by atoms with Gasteiger partial charge in [0, 0.05) is 24.7 Å². The van der Waals surface area contributed by atoms with E-state index in [4.69, 9.17) is 4.74 Å². The SMILES string of the molecule is Cn1cc([C@H](NC(=O)OCC2c3ccccc3-c3ccccc32)C(=O)O)cn1. The number of hydrogen-bond donors (Lipinski definition) is 2. The lowest BCUT2D eigenvalue weighted by atomic mass is 9.98. The minimum absolute atomic E-state index is 0.0835. The Morgan fingerprint density at radius 3 is 2.29 bits per heavy atom. The van der Waals surface area contributed by atoms with Gasteiger partial charge in [-0.2, -0.15) is 5.10 Å². The Balaban J connectivity index is 1.48. The highest BCUT2D eigenvalue weighted by atomic mass is 16.5. The summed E-state index contributed by atoms with van der Waals surface area (Å²) in [5.41, 5.74) is 4.83. The first-order valence-corrected chi connectivity index (χ1v) is 8.87. The summed E-state index contributed by atoms with van der Waals surface area (Å²) in [6.07, 6.45) is 2.17. The van der Waals surface area contributed by atoms with Crippen LogP contribution in [-0.2, 0) is 16.6 Å². The molecule has 1 atom stereocenters. The van der Waals surface area contributed by atoms with Crippen LogP contribution in [0.25, 0.3) is 11.1 Å². The van der Waals surface area contributed by atoms with Crippen molar-refractivity contribution in [3.05, 3.63) is 77.6 Å². The van der Waals surface area contributed by atoms with Crippen LogP contribution in [0.15, 0.2) is 60.9 Å². The fraction of sp³-hybridized carbons (Fsp3) is 0.190. The molecule has 7 heteroatoms. The van der Waals surface area contributed by atoms with E-state index >= 15 is 0 Å². The average molecular weight is 377 g/mol. The first kappa shape index (κ1) is 17.8. The molecular formula is C21H19N3O4. The van der Waals surface area contributed by atoms with Crippen LogP contribution in [0, 0.1) is 0 Å². The summed E-state index contributed by atoms with van der Waals surface area (Å²) in [7, 11) is 1.68. The Hall–Kier alpha value is -3.61. The van der Waals surface area contributed by atoms with Crippen molar-refractivity contribution in [2.75, 3.05) is 6.61 Å². The second kappa shape index (κ2) is 7.19.